The molecule has 1 amide bonds. The number of aryl methyl sites for hydroxylation is 1. The van der Waals surface area contributed by atoms with E-state index < -0.39 is 0 Å². The molecule has 5 rings (SSSR count). The summed E-state index contributed by atoms with van der Waals surface area (Å²) in [5, 5.41) is 3.93. The average molecular weight is 406 g/mol. The van der Waals surface area contributed by atoms with Crippen molar-refractivity contribution in [1.82, 2.24) is 10.3 Å². The number of aromatic nitrogens is 1. The minimum absolute atomic E-state index is 0.0258. The zero-order chi connectivity index (χ0) is 20.2. The van der Waals surface area contributed by atoms with Crippen LogP contribution in [-0.2, 0) is 6.42 Å². The second kappa shape index (κ2) is 6.59. The third-order valence-electron chi connectivity index (χ3n) is 5.46. The highest BCUT2D eigenvalue weighted by Gasteiger charge is 2.34. The summed E-state index contributed by atoms with van der Waals surface area (Å²) < 4.78 is 5.91. The Bertz CT molecular complexity index is 1120. The molecule has 0 saturated heterocycles. The van der Waals surface area contributed by atoms with Gasteiger partial charge in [0.25, 0.3) is 5.91 Å². The maximum Gasteiger partial charge on any atom is 0.263 e. The molecular weight excluding hydrogens is 382 g/mol. The fourth-order valence-corrected chi connectivity index (χ4v) is 5.08. The number of carbonyl (C=O) groups excluding carboxylic acids is 1. The molecule has 0 atom stereocenters. The number of hydrogen-bond acceptors (Lipinski definition) is 5. The van der Waals surface area contributed by atoms with Crippen molar-refractivity contribution in [3.63, 3.8) is 0 Å². The fraction of sp³-hybridized carbons (Fsp3) is 0.304. The SMILES string of the molecule is Cc1ccccc1-c1ccc2c(c1)N(c1nc3c(s1)C(=O)NC(C)(C)C3)CCO2. The molecule has 3 aromatic rings. The highest BCUT2D eigenvalue weighted by Crippen LogP contribution is 2.42. The molecule has 2 aliphatic heterocycles. The number of fused-ring (bicyclic) bond motifs is 2. The normalized spacial score (nSPS) is 17.2. The van der Waals surface area contributed by atoms with Gasteiger partial charge in [-0.25, -0.2) is 4.98 Å². The predicted octanol–water partition coefficient (Wildman–Crippen LogP) is 4.71. The number of rotatable bonds is 2. The summed E-state index contributed by atoms with van der Waals surface area (Å²) in [6.45, 7) is 7.50. The van der Waals surface area contributed by atoms with E-state index in [1.807, 2.05) is 19.9 Å². The molecule has 0 saturated carbocycles. The number of thiazole rings is 1. The van der Waals surface area contributed by atoms with E-state index >= 15 is 0 Å². The summed E-state index contributed by atoms with van der Waals surface area (Å²) in [5.41, 5.74) is 5.22. The number of nitrogens with zero attached hydrogens (tertiary/aromatic N) is 2. The van der Waals surface area contributed by atoms with Crippen LogP contribution in [0.25, 0.3) is 11.1 Å². The number of nitrogens with one attached hydrogen (secondary N) is 1. The Morgan fingerprint density at radius 2 is 2.03 bits per heavy atom. The van der Waals surface area contributed by atoms with Gasteiger partial charge in [0.2, 0.25) is 0 Å². The van der Waals surface area contributed by atoms with E-state index in [2.05, 4.69) is 53.5 Å². The van der Waals surface area contributed by atoms with Gasteiger partial charge in [0.1, 0.15) is 17.2 Å². The third-order valence-corrected chi connectivity index (χ3v) is 6.58. The molecular formula is C23H23N3O2S. The second-order valence-corrected chi connectivity index (χ2v) is 9.26. The molecule has 3 heterocycles. The van der Waals surface area contributed by atoms with Crippen molar-refractivity contribution in [2.45, 2.75) is 32.7 Å². The summed E-state index contributed by atoms with van der Waals surface area (Å²) in [5.74, 6) is 0.827. The Morgan fingerprint density at radius 3 is 2.86 bits per heavy atom. The van der Waals surface area contributed by atoms with Gasteiger partial charge < -0.3 is 15.0 Å². The number of carbonyl (C=O) groups is 1. The minimum atomic E-state index is -0.268. The summed E-state index contributed by atoms with van der Waals surface area (Å²) in [6.07, 6.45) is 0.741. The summed E-state index contributed by atoms with van der Waals surface area (Å²) >= 11 is 1.47. The van der Waals surface area contributed by atoms with Crippen LogP contribution in [0.2, 0.25) is 0 Å². The van der Waals surface area contributed by atoms with Crippen LogP contribution in [0.5, 0.6) is 5.75 Å². The number of anilines is 2. The van der Waals surface area contributed by atoms with Gasteiger partial charge in [-0.3, -0.25) is 4.79 Å². The molecule has 0 spiro atoms. The van der Waals surface area contributed by atoms with E-state index in [1.165, 1.54) is 22.5 Å². The number of benzene rings is 2. The lowest BCUT2D eigenvalue weighted by atomic mass is 9.94. The van der Waals surface area contributed by atoms with Crippen LogP contribution in [0.3, 0.4) is 0 Å². The fourth-order valence-electron chi connectivity index (χ4n) is 4.06. The quantitative estimate of drug-likeness (QED) is 0.671. The van der Waals surface area contributed by atoms with E-state index in [0.717, 1.165) is 39.1 Å². The first-order valence-corrected chi connectivity index (χ1v) is 10.7. The van der Waals surface area contributed by atoms with Gasteiger partial charge >= 0.3 is 0 Å². The molecule has 148 valence electrons. The van der Waals surface area contributed by atoms with E-state index in [-0.39, 0.29) is 11.4 Å². The number of hydrogen-bond donors (Lipinski definition) is 1. The Hall–Kier alpha value is -2.86. The van der Waals surface area contributed by atoms with Crippen molar-refractivity contribution in [3.8, 4) is 16.9 Å². The van der Waals surface area contributed by atoms with Gasteiger partial charge in [-0.1, -0.05) is 41.7 Å². The van der Waals surface area contributed by atoms with Crippen LogP contribution in [0.1, 0.15) is 34.8 Å². The monoisotopic (exact) mass is 405 g/mol. The maximum absolute atomic E-state index is 12.5. The number of amides is 1. The molecule has 29 heavy (non-hydrogen) atoms. The van der Waals surface area contributed by atoms with Crippen molar-refractivity contribution in [1.29, 1.82) is 0 Å². The molecule has 1 aromatic heterocycles. The van der Waals surface area contributed by atoms with Crippen molar-refractivity contribution in [2.75, 3.05) is 18.1 Å². The van der Waals surface area contributed by atoms with Crippen LogP contribution in [0, 0.1) is 6.92 Å². The Balaban J connectivity index is 1.57. The van der Waals surface area contributed by atoms with Gasteiger partial charge in [0.05, 0.1) is 17.9 Å². The van der Waals surface area contributed by atoms with Crippen LogP contribution < -0.4 is 15.0 Å². The van der Waals surface area contributed by atoms with Gasteiger partial charge in [-0.2, -0.15) is 0 Å². The molecule has 1 N–H and O–H groups in total. The first-order chi connectivity index (χ1) is 13.9. The second-order valence-electron chi connectivity index (χ2n) is 8.28. The van der Waals surface area contributed by atoms with Gasteiger partial charge in [0, 0.05) is 12.0 Å². The molecule has 2 aromatic carbocycles. The lowest BCUT2D eigenvalue weighted by Gasteiger charge is -2.30. The molecule has 0 bridgehead atoms. The van der Waals surface area contributed by atoms with Crippen molar-refractivity contribution in [3.05, 3.63) is 58.6 Å². The minimum Gasteiger partial charge on any atom is -0.490 e. The first kappa shape index (κ1) is 18.2. The largest absolute Gasteiger partial charge is 0.490 e. The smallest absolute Gasteiger partial charge is 0.263 e. The average Bonchev–Trinajstić information content (AvgIpc) is 3.10. The number of ether oxygens (including phenoxy) is 1. The molecule has 5 nitrogen and oxygen atoms in total. The molecule has 6 heteroatoms. The summed E-state index contributed by atoms with van der Waals surface area (Å²) in [6, 6.07) is 14.7. The lowest BCUT2D eigenvalue weighted by Crippen LogP contribution is -2.48. The van der Waals surface area contributed by atoms with E-state index in [9.17, 15) is 4.79 Å². The van der Waals surface area contributed by atoms with Gasteiger partial charge in [-0.05, 0) is 49.6 Å². The zero-order valence-electron chi connectivity index (χ0n) is 16.8. The Morgan fingerprint density at radius 1 is 1.21 bits per heavy atom. The van der Waals surface area contributed by atoms with Crippen LogP contribution >= 0.6 is 11.3 Å². The molecule has 0 radical (unpaired) electrons. The maximum atomic E-state index is 12.5. The van der Waals surface area contributed by atoms with E-state index in [4.69, 9.17) is 9.72 Å². The van der Waals surface area contributed by atoms with E-state index in [1.54, 1.807) is 0 Å². The lowest BCUT2D eigenvalue weighted by molar-refractivity contribution is 0.0901. The Labute approximate surface area is 174 Å². The highest BCUT2D eigenvalue weighted by atomic mass is 32.1. The van der Waals surface area contributed by atoms with Crippen LogP contribution in [-0.4, -0.2) is 29.6 Å². The predicted molar refractivity (Wildman–Crippen MR) is 116 cm³/mol. The van der Waals surface area contributed by atoms with Crippen LogP contribution in [0.15, 0.2) is 42.5 Å². The van der Waals surface area contributed by atoms with Gasteiger partial charge in [0.15, 0.2) is 5.13 Å². The molecule has 2 aliphatic rings. The van der Waals surface area contributed by atoms with Crippen molar-refractivity contribution >= 4 is 28.1 Å². The molecule has 0 unspecified atom stereocenters. The highest BCUT2D eigenvalue weighted by molar-refractivity contribution is 7.17. The molecule has 0 aliphatic carbocycles. The molecule has 0 fully saturated rings. The third kappa shape index (κ3) is 3.17. The van der Waals surface area contributed by atoms with Crippen molar-refractivity contribution < 1.29 is 9.53 Å². The standard InChI is InChI=1S/C23H23N3O2S/c1-14-6-4-5-7-16(14)15-8-9-19-18(12-15)26(10-11-28-19)22-24-17-13-23(2,3)25-21(27)20(17)29-22/h4-9,12H,10-11,13H2,1-3H3,(H,25,27). The Kier molecular flexibility index (Phi) is 4.13. The van der Waals surface area contributed by atoms with Gasteiger partial charge in [-0.15, -0.1) is 0 Å². The topological polar surface area (TPSA) is 54.5 Å². The van der Waals surface area contributed by atoms with Crippen LogP contribution in [0.4, 0.5) is 10.8 Å². The van der Waals surface area contributed by atoms with E-state index in [0.29, 0.717) is 13.2 Å². The summed E-state index contributed by atoms with van der Waals surface area (Å²) in [4.78, 5) is 20.3. The summed E-state index contributed by atoms with van der Waals surface area (Å²) in [7, 11) is 0. The first-order valence-electron chi connectivity index (χ1n) is 9.84. The van der Waals surface area contributed by atoms with Crippen molar-refractivity contribution in [2.24, 2.45) is 0 Å². The zero-order valence-corrected chi connectivity index (χ0v) is 17.6.